The van der Waals surface area contributed by atoms with Crippen molar-refractivity contribution in [3.63, 3.8) is 0 Å². The molecule has 0 aromatic carbocycles. The smallest absolute Gasteiger partial charge is 0.335 e. The lowest BCUT2D eigenvalue weighted by Crippen LogP contribution is -2.61. The van der Waals surface area contributed by atoms with Crippen molar-refractivity contribution in [3.05, 3.63) is 85.1 Å². The summed E-state index contributed by atoms with van der Waals surface area (Å²) in [7, 11) is 0. The molecular formula is C65H108O12. The van der Waals surface area contributed by atoms with E-state index in [0.29, 0.717) is 19.3 Å². The zero-order chi connectivity index (χ0) is 56.1. The fraction of sp³-hybridized carbons (Fsp3) is 0.723. The first kappa shape index (κ1) is 70.9. The van der Waals surface area contributed by atoms with Crippen LogP contribution in [0.5, 0.6) is 0 Å². The van der Waals surface area contributed by atoms with Crippen molar-refractivity contribution in [2.45, 2.75) is 289 Å². The number of aliphatic carboxylic acids is 1. The summed E-state index contributed by atoms with van der Waals surface area (Å²) >= 11 is 0. The topological polar surface area (TPSA) is 175 Å². The van der Waals surface area contributed by atoms with Crippen LogP contribution in [0.4, 0.5) is 0 Å². The molecule has 0 spiro atoms. The number of carboxylic acid groups (broad SMARTS) is 1. The molecule has 0 saturated carbocycles. The lowest BCUT2D eigenvalue weighted by molar-refractivity contribution is -0.301. The number of aliphatic hydroxyl groups excluding tert-OH is 2. The fourth-order valence-corrected chi connectivity index (χ4v) is 8.74. The maximum atomic E-state index is 13.1. The van der Waals surface area contributed by atoms with E-state index >= 15 is 0 Å². The van der Waals surface area contributed by atoms with Crippen LogP contribution >= 0.6 is 0 Å². The lowest BCUT2D eigenvalue weighted by atomic mass is 9.98. The van der Waals surface area contributed by atoms with Crippen molar-refractivity contribution in [2.75, 3.05) is 13.2 Å². The average Bonchev–Trinajstić information content (AvgIpc) is 3.41. The quantitative estimate of drug-likeness (QED) is 0.0228. The van der Waals surface area contributed by atoms with Crippen LogP contribution in [0.1, 0.15) is 252 Å². The number of carbonyl (C=O) groups is 4. The Hall–Kier alpha value is -4.10. The normalized spacial score (nSPS) is 18.6. The molecule has 1 aliphatic rings. The molecule has 0 amide bonds. The summed E-state index contributed by atoms with van der Waals surface area (Å²) in [6.45, 7) is 5.77. The van der Waals surface area contributed by atoms with Gasteiger partial charge in [0.25, 0.3) is 0 Å². The summed E-state index contributed by atoms with van der Waals surface area (Å²) in [6.07, 6.45) is 55.6. The molecule has 3 N–H and O–H groups in total. The molecule has 1 fully saturated rings. The molecule has 0 bridgehead atoms. The molecule has 12 nitrogen and oxygen atoms in total. The van der Waals surface area contributed by atoms with E-state index in [0.717, 1.165) is 109 Å². The van der Waals surface area contributed by atoms with Gasteiger partial charge in [0.15, 0.2) is 24.6 Å². The molecule has 0 aliphatic carbocycles. The van der Waals surface area contributed by atoms with Crippen molar-refractivity contribution >= 4 is 23.9 Å². The highest BCUT2D eigenvalue weighted by Crippen LogP contribution is 2.26. The van der Waals surface area contributed by atoms with Crippen molar-refractivity contribution in [2.24, 2.45) is 0 Å². The van der Waals surface area contributed by atoms with E-state index in [1.54, 1.807) is 0 Å². The number of hydrogen-bond donors (Lipinski definition) is 3. The highest BCUT2D eigenvalue weighted by Gasteiger charge is 2.50. The molecule has 1 heterocycles. The van der Waals surface area contributed by atoms with Crippen molar-refractivity contribution in [1.29, 1.82) is 0 Å². The van der Waals surface area contributed by atoms with Crippen LogP contribution in [0, 0.1) is 0 Å². The van der Waals surface area contributed by atoms with E-state index in [-0.39, 0.29) is 25.9 Å². The van der Waals surface area contributed by atoms with Gasteiger partial charge in [0.2, 0.25) is 0 Å². The monoisotopic (exact) mass is 1080 g/mol. The number of esters is 3. The second-order valence-corrected chi connectivity index (χ2v) is 20.6. The first-order valence-corrected chi connectivity index (χ1v) is 30.6. The van der Waals surface area contributed by atoms with Crippen molar-refractivity contribution in [3.8, 4) is 0 Å². The number of hydrogen-bond acceptors (Lipinski definition) is 11. The predicted octanol–water partition coefficient (Wildman–Crippen LogP) is 15.9. The molecule has 440 valence electrons. The second-order valence-electron chi connectivity index (χ2n) is 20.6. The summed E-state index contributed by atoms with van der Waals surface area (Å²) in [5.41, 5.74) is 0. The number of ether oxygens (including phenoxy) is 5. The number of carboxylic acids is 1. The van der Waals surface area contributed by atoms with Crippen molar-refractivity contribution in [1.82, 2.24) is 0 Å². The van der Waals surface area contributed by atoms with Gasteiger partial charge in [-0.3, -0.25) is 14.4 Å². The van der Waals surface area contributed by atoms with E-state index < -0.39 is 67.3 Å². The minimum absolute atomic E-state index is 0.0363. The summed E-state index contributed by atoms with van der Waals surface area (Å²) in [6, 6.07) is 0. The molecule has 6 atom stereocenters. The van der Waals surface area contributed by atoms with E-state index in [1.165, 1.54) is 83.5 Å². The predicted molar refractivity (Wildman–Crippen MR) is 312 cm³/mol. The Labute approximate surface area is 467 Å². The van der Waals surface area contributed by atoms with E-state index in [2.05, 4.69) is 106 Å². The summed E-state index contributed by atoms with van der Waals surface area (Å²) < 4.78 is 28.4. The highest BCUT2D eigenvalue weighted by atomic mass is 16.7. The number of aliphatic hydroxyl groups is 2. The average molecular weight is 1080 g/mol. The minimum Gasteiger partial charge on any atom is -0.479 e. The molecule has 6 unspecified atom stereocenters. The fourth-order valence-electron chi connectivity index (χ4n) is 8.74. The van der Waals surface area contributed by atoms with Crippen LogP contribution in [0.3, 0.4) is 0 Å². The van der Waals surface area contributed by atoms with Crippen LogP contribution in [0.2, 0.25) is 0 Å². The molecular weight excluding hydrogens is 973 g/mol. The SMILES string of the molecule is CC/C=C\C/C=C\C/C=C\C/C=C\CCCCC(=O)OC(COC(=O)CCCCCCCCCCC/C=C\CCCCCCCC)COC1OC(C(=O)O)C(O)C(O)C1OC(=O)CCCCCCC/C=C\C/C=C\CCC. The van der Waals surface area contributed by atoms with E-state index in [1.807, 2.05) is 0 Å². The van der Waals surface area contributed by atoms with Gasteiger partial charge in [0.1, 0.15) is 18.8 Å². The number of rotatable bonds is 51. The maximum absolute atomic E-state index is 13.1. The third kappa shape index (κ3) is 42.5. The number of allylic oxidation sites excluding steroid dienone is 14. The molecule has 77 heavy (non-hydrogen) atoms. The van der Waals surface area contributed by atoms with Gasteiger partial charge in [-0.15, -0.1) is 0 Å². The first-order chi connectivity index (χ1) is 37.6. The molecule has 1 rings (SSSR count). The Morgan fingerprint density at radius 2 is 0.844 bits per heavy atom. The maximum Gasteiger partial charge on any atom is 0.335 e. The third-order valence-electron chi connectivity index (χ3n) is 13.4. The van der Waals surface area contributed by atoms with Crippen LogP contribution in [-0.2, 0) is 42.9 Å². The van der Waals surface area contributed by atoms with Crippen LogP contribution in [-0.4, -0.2) is 89.2 Å². The Balaban J connectivity index is 2.70. The summed E-state index contributed by atoms with van der Waals surface area (Å²) in [5.74, 6) is -3.20. The Bertz CT molecular complexity index is 1660. The zero-order valence-electron chi connectivity index (χ0n) is 48.4. The van der Waals surface area contributed by atoms with Crippen LogP contribution in [0.25, 0.3) is 0 Å². The van der Waals surface area contributed by atoms with E-state index in [9.17, 15) is 34.5 Å². The van der Waals surface area contributed by atoms with Gasteiger partial charge in [-0.1, -0.05) is 209 Å². The molecule has 0 aromatic rings. The van der Waals surface area contributed by atoms with Crippen LogP contribution in [0.15, 0.2) is 85.1 Å². The zero-order valence-corrected chi connectivity index (χ0v) is 48.4. The molecule has 0 aromatic heterocycles. The van der Waals surface area contributed by atoms with Gasteiger partial charge >= 0.3 is 23.9 Å². The highest BCUT2D eigenvalue weighted by molar-refractivity contribution is 5.74. The Kier molecular flexibility index (Phi) is 48.4. The van der Waals surface area contributed by atoms with Crippen molar-refractivity contribution < 1.29 is 58.2 Å². The van der Waals surface area contributed by atoms with Gasteiger partial charge in [-0.05, 0) is 109 Å². The van der Waals surface area contributed by atoms with E-state index in [4.69, 9.17) is 23.7 Å². The Morgan fingerprint density at radius 3 is 1.34 bits per heavy atom. The van der Waals surface area contributed by atoms with Gasteiger partial charge in [0.05, 0.1) is 6.61 Å². The summed E-state index contributed by atoms with van der Waals surface area (Å²) in [5, 5.41) is 31.5. The van der Waals surface area contributed by atoms with Gasteiger partial charge in [-0.25, -0.2) is 4.79 Å². The first-order valence-electron chi connectivity index (χ1n) is 30.6. The van der Waals surface area contributed by atoms with Gasteiger partial charge < -0.3 is 39.0 Å². The standard InChI is InChI=1S/C65H108O12/c1-4-7-10-13-16-19-22-25-27-28-29-30-32-34-36-39-42-45-48-51-57(66)73-54-56(75-58(67)52-49-46-43-40-38-35-31-26-23-20-17-14-11-8-5-2)55-74-65-63(61(70)60(69)62(77-65)64(71)72)76-59(68)53-50-47-44-41-37-33-24-21-18-15-12-9-6-3/h8,11-12,15,17,20-21,24-27,31,38,40,56,60-63,65,69-70H,4-7,9-10,13-14,16,18-19,22-23,28-30,32-37,39,41-55H2,1-3H3,(H,71,72)/b11-8-,15-12-,20-17-,24-21-,27-25-,31-26-,40-38-. The van der Waals surface area contributed by atoms with Gasteiger partial charge in [-0.2, -0.15) is 0 Å². The molecule has 1 aliphatic heterocycles. The number of unbranched alkanes of at least 4 members (excludes halogenated alkanes) is 23. The molecule has 0 radical (unpaired) electrons. The largest absolute Gasteiger partial charge is 0.479 e. The number of carbonyl (C=O) groups excluding carboxylic acids is 3. The van der Waals surface area contributed by atoms with Gasteiger partial charge in [0, 0.05) is 19.3 Å². The lowest BCUT2D eigenvalue weighted by Gasteiger charge is -2.40. The van der Waals surface area contributed by atoms with Crippen LogP contribution < -0.4 is 0 Å². The molecule has 1 saturated heterocycles. The second kappa shape index (κ2) is 52.6. The third-order valence-corrected chi connectivity index (χ3v) is 13.4. The Morgan fingerprint density at radius 1 is 0.442 bits per heavy atom. The molecule has 12 heteroatoms. The summed E-state index contributed by atoms with van der Waals surface area (Å²) in [4.78, 5) is 51.2. The minimum atomic E-state index is -1.92.